The van der Waals surface area contributed by atoms with Crippen LogP contribution in [0.25, 0.3) is 0 Å². The minimum Gasteiger partial charge on any atom is -0.338 e. The van der Waals surface area contributed by atoms with E-state index in [0.717, 1.165) is 43.2 Å². The molecule has 2 amide bonds. The number of nitrogens with zero attached hydrogens (tertiary/aromatic N) is 1. The maximum absolute atomic E-state index is 12.1. The lowest BCUT2D eigenvalue weighted by atomic mass is 10.1. The van der Waals surface area contributed by atoms with Crippen LogP contribution in [0.1, 0.15) is 23.1 Å². The summed E-state index contributed by atoms with van der Waals surface area (Å²) in [6, 6.07) is 26.1. The van der Waals surface area contributed by atoms with Crippen molar-refractivity contribution >= 4 is 23.3 Å². The Bertz CT molecular complexity index is 927. The van der Waals surface area contributed by atoms with Crippen molar-refractivity contribution < 1.29 is 4.79 Å². The predicted octanol–water partition coefficient (Wildman–Crippen LogP) is 5.90. The predicted molar refractivity (Wildman–Crippen MR) is 130 cm³/mol. The Morgan fingerprint density at radius 1 is 0.871 bits per heavy atom. The number of carbonyl (C=O) groups is 1. The quantitative estimate of drug-likeness (QED) is 0.389. The molecular weight excluding hydrogens is 406 g/mol. The fourth-order valence-electron chi connectivity index (χ4n) is 3.36. The third kappa shape index (κ3) is 8.44. The molecule has 0 aliphatic rings. The van der Waals surface area contributed by atoms with Crippen LogP contribution in [0, 0.1) is 6.92 Å². The molecule has 0 atom stereocenters. The average Bonchev–Trinajstić information content (AvgIpc) is 2.78. The second-order valence-corrected chi connectivity index (χ2v) is 8.18. The first-order chi connectivity index (χ1) is 15.1. The number of nitrogens with one attached hydrogen (secondary N) is 2. The Morgan fingerprint density at radius 3 is 2.26 bits per heavy atom. The molecule has 0 heterocycles. The molecule has 0 spiro atoms. The van der Waals surface area contributed by atoms with Crippen LogP contribution >= 0.6 is 11.6 Å². The highest BCUT2D eigenvalue weighted by atomic mass is 35.5. The highest BCUT2D eigenvalue weighted by Gasteiger charge is 2.08. The first kappa shape index (κ1) is 22.9. The highest BCUT2D eigenvalue weighted by molar-refractivity contribution is 6.30. The van der Waals surface area contributed by atoms with Gasteiger partial charge in [-0.15, -0.1) is 0 Å². The van der Waals surface area contributed by atoms with Crippen LogP contribution in [0.2, 0.25) is 5.02 Å². The molecule has 31 heavy (non-hydrogen) atoms. The minimum atomic E-state index is -0.169. The van der Waals surface area contributed by atoms with Crippen molar-refractivity contribution in [2.75, 3.05) is 25.0 Å². The van der Waals surface area contributed by atoms with Gasteiger partial charge in [-0.1, -0.05) is 71.8 Å². The zero-order valence-corrected chi connectivity index (χ0v) is 18.7. The van der Waals surface area contributed by atoms with E-state index in [0.29, 0.717) is 6.54 Å². The van der Waals surface area contributed by atoms with E-state index in [4.69, 9.17) is 11.6 Å². The van der Waals surface area contributed by atoms with E-state index in [2.05, 4.69) is 58.9 Å². The molecule has 0 radical (unpaired) electrons. The second kappa shape index (κ2) is 12.1. The van der Waals surface area contributed by atoms with Crippen molar-refractivity contribution in [2.24, 2.45) is 0 Å². The van der Waals surface area contributed by atoms with Gasteiger partial charge in [0.25, 0.3) is 0 Å². The van der Waals surface area contributed by atoms with Crippen molar-refractivity contribution in [3.63, 3.8) is 0 Å². The van der Waals surface area contributed by atoms with Crippen LogP contribution in [0.15, 0.2) is 78.9 Å². The minimum absolute atomic E-state index is 0.169. The van der Waals surface area contributed by atoms with Crippen molar-refractivity contribution in [3.05, 3.63) is 101 Å². The number of anilines is 1. The first-order valence-corrected chi connectivity index (χ1v) is 11.1. The standard InChI is InChI=1S/C26H30ClN3O/c1-21-8-10-23(11-9-21)20-30(19-16-22-12-14-24(27)15-13-22)18-5-17-28-26(31)29-25-6-3-2-4-7-25/h2-4,6-15H,5,16-20H2,1H3,(H2,28,29,31). The van der Waals surface area contributed by atoms with E-state index in [1.165, 1.54) is 16.7 Å². The van der Waals surface area contributed by atoms with Gasteiger partial charge in [-0.3, -0.25) is 4.90 Å². The van der Waals surface area contributed by atoms with Gasteiger partial charge in [0.2, 0.25) is 0 Å². The molecule has 5 heteroatoms. The fourth-order valence-corrected chi connectivity index (χ4v) is 3.49. The van der Waals surface area contributed by atoms with Crippen LogP contribution in [0.3, 0.4) is 0 Å². The number of amides is 2. The van der Waals surface area contributed by atoms with Gasteiger partial charge in [0, 0.05) is 36.9 Å². The maximum Gasteiger partial charge on any atom is 0.319 e. The molecule has 4 nitrogen and oxygen atoms in total. The summed E-state index contributed by atoms with van der Waals surface area (Å²) in [7, 11) is 0. The lowest BCUT2D eigenvalue weighted by molar-refractivity contribution is 0.247. The molecule has 0 aliphatic carbocycles. The van der Waals surface area contributed by atoms with Crippen LogP contribution < -0.4 is 10.6 Å². The topological polar surface area (TPSA) is 44.4 Å². The molecule has 0 aliphatic heterocycles. The summed E-state index contributed by atoms with van der Waals surface area (Å²) in [5.74, 6) is 0. The van der Waals surface area contributed by atoms with E-state index >= 15 is 0 Å². The van der Waals surface area contributed by atoms with E-state index in [9.17, 15) is 4.79 Å². The maximum atomic E-state index is 12.1. The summed E-state index contributed by atoms with van der Waals surface area (Å²) in [6.07, 6.45) is 1.85. The summed E-state index contributed by atoms with van der Waals surface area (Å²) in [5, 5.41) is 6.56. The molecule has 0 aromatic heterocycles. The first-order valence-electron chi connectivity index (χ1n) is 10.7. The normalized spacial score (nSPS) is 10.8. The molecule has 0 unspecified atom stereocenters. The molecule has 0 saturated heterocycles. The molecule has 0 fully saturated rings. The molecule has 162 valence electrons. The number of urea groups is 1. The van der Waals surface area contributed by atoms with E-state index in [1.54, 1.807) is 0 Å². The summed E-state index contributed by atoms with van der Waals surface area (Å²) in [6.45, 7) is 5.49. The van der Waals surface area contributed by atoms with E-state index in [-0.39, 0.29) is 6.03 Å². The molecule has 3 aromatic rings. The van der Waals surface area contributed by atoms with Gasteiger partial charge in [-0.05, 0) is 55.2 Å². The van der Waals surface area contributed by atoms with Gasteiger partial charge in [-0.2, -0.15) is 0 Å². The molecule has 0 saturated carbocycles. The van der Waals surface area contributed by atoms with Crippen molar-refractivity contribution in [1.29, 1.82) is 0 Å². The summed E-state index contributed by atoms with van der Waals surface area (Å²) >= 11 is 6.01. The number of carbonyl (C=O) groups excluding carboxylic acids is 1. The van der Waals surface area contributed by atoms with Gasteiger partial charge in [0.1, 0.15) is 0 Å². The van der Waals surface area contributed by atoms with Crippen LogP contribution in [-0.4, -0.2) is 30.6 Å². The summed E-state index contributed by atoms with van der Waals surface area (Å²) in [4.78, 5) is 14.5. The van der Waals surface area contributed by atoms with Crippen molar-refractivity contribution in [1.82, 2.24) is 10.2 Å². The zero-order valence-electron chi connectivity index (χ0n) is 18.0. The number of hydrogen-bond acceptors (Lipinski definition) is 2. The Kier molecular flexibility index (Phi) is 8.95. The third-order valence-corrected chi connectivity index (χ3v) is 5.38. The molecule has 0 bridgehead atoms. The lowest BCUT2D eigenvalue weighted by Gasteiger charge is -2.23. The van der Waals surface area contributed by atoms with Gasteiger partial charge >= 0.3 is 6.03 Å². The number of rotatable bonds is 10. The van der Waals surface area contributed by atoms with Crippen molar-refractivity contribution in [2.45, 2.75) is 26.3 Å². The van der Waals surface area contributed by atoms with Gasteiger partial charge in [0.15, 0.2) is 0 Å². The molecule has 3 aromatic carbocycles. The second-order valence-electron chi connectivity index (χ2n) is 7.74. The van der Waals surface area contributed by atoms with E-state index in [1.807, 2.05) is 42.5 Å². The van der Waals surface area contributed by atoms with Crippen LogP contribution in [-0.2, 0) is 13.0 Å². The zero-order chi connectivity index (χ0) is 21.9. The molecule has 2 N–H and O–H groups in total. The summed E-state index contributed by atoms with van der Waals surface area (Å²) < 4.78 is 0. The van der Waals surface area contributed by atoms with Crippen LogP contribution in [0.4, 0.5) is 10.5 Å². The number of para-hydroxylation sites is 1. The lowest BCUT2D eigenvalue weighted by Crippen LogP contribution is -2.33. The van der Waals surface area contributed by atoms with Gasteiger partial charge in [-0.25, -0.2) is 4.79 Å². The smallest absolute Gasteiger partial charge is 0.319 e. The van der Waals surface area contributed by atoms with Gasteiger partial charge < -0.3 is 10.6 Å². The van der Waals surface area contributed by atoms with Gasteiger partial charge in [0.05, 0.1) is 0 Å². The Labute approximate surface area is 190 Å². The average molecular weight is 436 g/mol. The van der Waals surface area contributed by atoms with E-state index < -0.39 is 0 Å². The SMILES string of the molecule is Cc1ccc(CN(CCCNC(=O)Nc2ccccc2)CCc2ccc(Cl)cc2)cc1. The Hall–Kier alpha value is -2.82. The highest BCUT2D eigenvalue weighted by Crippen LogP contribution is 2.12. The van der Waals surface area contributed by atoms with Crippen LogP contribution in [0.5, 0.6) is 0 Å². The molecule has 3 rings (SSSR count). The number of hydrogen-bond donors (Lipinski definition) is 2. The third-order valence-electron chi connectivity index (χ3n) is 5.13. The summed E-state index contributed by atoms with van der Waals surface area (Å²) in [5.41, 5.74) is 4.64. The number of halogens is 1. The number of benzene rings is 3. The monoisotopic (exact) mass is 435 g/mol. The molecular formula is C26H30ClN3O. The Morgan fingerprint density at radius 2 is 1.55 bits per heavy atom. The van der Waals surface area contributed by atoms with Crippen molar-refractivity contribution in [3.8, 4) is 0 Å². The number of aryl methyl sites for hydroxylation is 1. The largest absolute Gasteiger partial charge is 0.338 e. The Balaban J connectivity index is 1.48. The fraction of sp³-hybridized carbons (Fsp3) is 0.269.